The van der Waals surface area contributed by atoms with Crippen LogP contribution in [0.25, 0.3) is 0 Å². The summed E-state index contributed by atoms with van der Waals surface area (Å²) in [6.07, 6.45) is 5.18. The van der Waals surface area contributed by atoms with Crippen molar-refractivity contribution >= 4 is 5.91 Å². The van der Waals surface area contributed by atoms with E-state index in [1.54, 1.807) is 17.1 Å². The second kappa shape index (κ2) is 6.40. The Balaban J connectivity index is 2.52. The Hall–Kier alpha value is -1.09. The molecule has 1 fully saturated rings. The predicted octanol–water partition coefficient (Wildman–Crippen LogP) is 1.61. The van der Waals surface area contributed by atoms with Crippen LogP contribution in [0.3, 0.4) is 0 Å². The third-order valence-electron chi connectivity index (χ3n) is 2.58. The van der Waals surface area contributed by atoms with E-state index in [0.717, 1.165) is 12.8 Å². The van der Waals surface area contributed by atoms with Gasteiger partial charge < -0.3 is 9.64 Å². The minimum atomic E-state index is 0.124. The molecule has 0 saturated carbocycles. The molecular weight excluding hydrogens is 190 g/mol. The van der Waals surface area contributed by atoms with Gasteiger partial charge in [0.2, 0.25) is 5.91 Å². The van der Waals surface area contributed by atoms with Crippen molar-refractivity contribution in [3.05, 3.63) is 25.3 Å². The number of rotatable bonds is 5. The van der Waals surface area contributed by atoms with Crippen LogP contribution in [0.5, 0.6) is 0 Å². The number of amides is 1. The Labute approximate surface area is 91.4 Å². The van der Waals surface area contributed by atoms with Gasteiger partial charge in [-0.25, -0.2) is 0 Å². The third kappa shape index (κ3) is 3.51. The number of nitrogens with zero attached hydrogens (tertiary/aromatic N) is 1. The molecule has 0 aromatic heterocycles. The maximum Gasteiger partial charge on any atom is 0.226 e. The average molecular weight is 209 g/mol. The summed E-state index contributed by atoms with van der Waals surface area (Å²) in [5.41, 5.74) is 0. The Kier molecular flexibility index (Phi) is 5.12. The van der Waals surface area contributed by atoms with Crippen molar-refractivity contribution in [2.45, 2.75) is 12.8 Å². The van der Waals surface area contributed by atoms with Crippen molar-refractivity contribution in [1.82, 2.24) is 4.90 Å². The fraction of sp³-hybridized carbons (Fsp3) is 0.583. The highest BCUT2D eigenvalue weighted by atomic mass is 16.5. The quantitative estimate of drug-likeness (QED) is 0.644. The molecule has 3 nitrogen and oxygen atoms in total. The van der Waals surface area contributed by atoms with Gasteiger partial charge in [-0.1, -0.05) is 12.2 Å². The minimum Gasteiger partial charge on any atom is -0.381 e. The zero-order valence-electron chi connectivity index (χ0n) is 9.15. The molecule has 0 atom stereocenters. The van der Waals surface area contributed by atoms with E-state index < -0.39 is 0 Å². The highest BCUT2D eigenvalue weighted by Crippen LogP contribution is 2.17. The lowest BCUT2D eigenvalue weighted by molar-refractivity contribution is -0.137. The first-order valence-corrected chi connectivity index (χ1v) is 5.38. The van der Waals surface area contributed by atoms with E-state index in [2.05, 4.69) is 13.2 Å². The van der Waals surface area contributed by atoms with Crippen LogP contribution in [0, 0.1) is 5.92 Å². The van der Waals surface area contributed by atoms with Gasteiger partial charge in [0, 0.05) is 32.2 Å². The summed E-state index contributed by atoms with van der Waals surface area (Å²) in [7, 11) is 0. The summed E-state index contributed by atoms with van der Waals surface area (Å²) in [5, 5.41) is 0. The van der Waals surface area contributed by atoms with E-state index >= 15 is 0 Å². The molecule has 1 rings (SSSR count). The smallest absolute Gasteiger partial charge is 0.226 e. The molecular formula is C12H19NO2. The van der Waals surface area contributed by atoms with Crippen LogP contribution < -0.4 is 0 Å². The van der Waals surface area contributed by atoms with E-state index in [4.69, 9.17) is 4.74 Å². The Bertz CT molecular complexity index is 222. The first kappa shape index (κ1) is 12.0. The fourth-order valence-electron chi connectivity index (χ4n) is 1.77. The minimum absolute atomic E-state index is 0.124. The van der Waals surface area contributed by atoms with Crippen molar-refractivity contribution in [3.8, 4) is 0 Å². The van der Waals surface area contributed by atoms with Crippen LogP contribution in [-0.4, -0.2) is 37.1 Å². The maximum atomic E-state index is 12.1. The first-order chi connectivity index (χ1) is 7.29. The molecule has 1 aliphatic rings. The summed E-state index contributed by atoms with van der Waals surface area (Å²) >= 11 is 0. The lowest BCUT2D eigenvalue weighted by Gasteiger charge is -2.27. The molecule has 3 heteroatoms. The second-order valence-corrected chi connectivity index (χ2v) is 3.71. The van der Waals surface area contributed by atoms with Gasteiger partial charge in [0.1, 0.15) is 0 Å². The van der Waals surface area contributed by atoms with E-state index in [-0.39, 0.29) is 11.8 Å². The van der Waals surface area contributed by atoms with Crippen molar-refractivity contribution < 1.29 is 9.53 Å². The molecule has 0 aliphatic carbocycles. The summed E-state index contributed by atoms with van der Waals surface area (Å²) in [6, 6.07) is 0. The van der Waals surface area contributed by atoms with Gasteiger partial charge in [-0.2, -0.15) is 0 Å². The molecule has 0 radical (unpaired) electrons. The van der Waals surface area contributed by atoms with Crippen molar-refractivity contribution in [1.29, 1.82) is 0 Å². The molecule has 0 N–H and O–H groups in total. The molecule has 1 saturated heterocycles. The highest BCUT2D eigenvalue weighted by molar-refractivity contribution is 5.79. The topological polar surface area (TPSA) is 29.5 Å². The number of carbonyl (C=O) groups excluding carboxylic acids is 1. The van der Waals surface area contributed by atoms with Crippen molar-refractivity contribution in [3.63, 3.8) is 0 Å². The van der Waals surface area contributed by atoms with Gasteiger partial charge in [-0.05, 0) is 12.8 Å². The van der Waals surface area contributed by atoms with Gasteiger partial charge in [0.25, 0.3) is 0 Å². The van der Waals surface area contributed by atoms with Crippen LogP contribution in [0.1, 0.15) is 12.8 Å². The maximum absolute atomic E-state index is 12.1. The lowest BCUT2D eigenvalue weighted by atomic mass is 9.98. The zero-order chi connectivity index (χ0) is 11.1. The summed E-state index contributed by atoms with van der Waals surface area (Å²) in [6.45, 7) is 9.92. The standard InChI is InChI=1S/C12H19NO2/c1-3-7-13(8-4-2)12(14)11-5-9-15-10-6-11/h3-4,11H,1-2,5-10H2. The molecule has 1 aliphatic heterocycles. The van der Waals surface area contributed by atoms with Crippen LogP contribution >= 0.6 is 0 Å². The molecule has 0 aromatic carbocycles. The number of hydrogen-bond acceptors (Lipinski definition) is 2. The Morgan fingerprint density at radius 2 is 1.80 bits per heavy atom. The molecule has 0 unspecified atom stereocenters. The zero-order valence-corrected chi connectivity index (χ0v) is 9.15. The monoisotopic (exact) mass is 209 g/mol. The Morgan fingerprint density at radius 1 is 1.27 bits per heavy atom. The fourth-order valence-corrected chi connectivity index (χ4v) is 1.77. The van der Waals surface area contributed by atoms with Gasteiger partial charge in [-0.3, -0.25) is 4.79 Å². The predicted molar refractivity (Wildman–Crippen MR) is 60.5 cm³/mol. The molecule has 1 amide bonds. The van der Waals surface area contributed by atoms with Crippen LogP contribution in [0.2, 0.25) is 0 Å². The normalized spacial score (nSPS) is 17.1. The molecule has 1 heterocycles. The van der Waals surface area contributed by atoms with Crippen LogP contribution in [0.15, 0.2) is 25.3 Å². The van der Waals surface area contributed by atoms with E-state index in [9.17, 15) is 4.79 Å². The van der Waals surface area contributed by atoms with Gasteiger partial charge in [-0.15, -0.1) is 13.2 Å². The van der Waals surface area contributed by atoms with Crippen LogP contribution in [0.4, 0.5) is 0 Å². The van der Waals surface area contributed by atoms with Crippen molar-refractivity contribution in [2.75, 3.05) is 26.3 Å². The number of ether oxygens (including phenoxy) is 1. The summed E-state index contributed by atoms with van der Waals surface area (Å²) in [5.74, 6) is 0.330. The number of hydrogen-bond donors (Lipinski definition) is 0. The van der Waals surface area contributed by atoms with Crippen LogP contribution in [-0.2, 0) is 9.53 Å². The van der Waals surface area contributed by atoms with E-state index in [0.29, 0.717) is 26.3 Å². The average Bonchev–Trinajstić information content (AvgIpc) is 2.29. The molecule has 0 spiro atoms. The van der Waals surface area contributed by atoms with Crippen molar-refractivity contribution in [2.24, 2.45) is 5.92 Å². The SMILES string of the molecule is C=CCN(CC=C)C(=O)C1CCOCC1. The Morgan fingerprint density at radius 3 is 2.27 bits per heavy atom. The lowest BCUT2D eigenvalue weighted by Crippen LogP contribution is -2.38. The highest BCUT2D eigenvalue weighted by Gasteiger charge is 2.24. The molecule has 84 valence electrons. The van der Waals surface area contributed by atoms with Gasteiger partial charge >= 0.3 is 0 Å². The van der Waals surface area contributed by atoms with Gasteiger partial charge in [0.05, 0.1) is 0 Å². The third-order valence-corrected chi connectivity index (χ3v) is 2.58. The second-order valence-electron chi connectivity index (χ2n) is 3.71. The van der Waals surface area contributed by atoms with E-state index in [1.165, 1.54) is 0 Å². The molecule has 0 aromatic rings. The molecule has 15 heavy (non-hydrogen) atoms. The largest absolute Gasteiger partial charge is 0.381 e. The number of carbonyl (C=O) groups is 1. The van der Waals surface area contributed by atoms with E-state index in [1.807, 2.05) is 0 Å². The van der Waals surface area contributed by atoms with Gasteiger partial charge in [0.15, 0.2) is 0 Å². The molecule has 0 bridgehead atoms. The first-order valence-electron chi connectivity index (χ1n) is 5.38. The summed E-state index contributed by atoms with van der Waals surface area (Å²) < 4.78 is 5.24. The summed E-state index contributed by atoms with van der Waals surface area (Å²) in [4.78, 5) is 13.8.